The molecular formula is C20H25N5O. The zero-order chi connectivity index (χ0) is 18.7. The lowest BCUT2D eigenvalue weighted by Gasteiger charge is -2.09. The Morgan fingerprint density at radius 2 is 1.92 bits per heavy atom. The summed E-state index contributed by atoms with van der Waals surface area (Å²) in [6, 6.07) is 8.28. The SMILES string of the molecule is Cc1cnn(CCC(=O)Nc2c(C)nn(Cc3ccccc3C)c2C)c1. The number of anilines is 1. The van der Waals surface area contributed by atoms with Gasteiger partial charge in [0.05, 0.1) is 29.8 Å². The van der Waals surface area contributed by atoms with Crippen molar-refractivity contribution in [2.24, 2.45) is 0 Å². The summed E-state index contributed by atoms with van der Waals surface area (Å²) in [6.45, 7) is 9.26. The smallest absolute Gasteiger partial charge is 0.226 e. The predicted molar refractivity (Wildman–Crippen MR) is 102 cm³/mol. The molecule has 1 amide bonds. The molecule has 1 N–H and O–H groups in total. The van der Waals surface area contributed by atoms with E-state index in [2.05, 4.69) is 34.6 Å². The third-order valence-corrected chi connectivity index (χ3v) is 4.56. The third kappa shape index (κ3) is 4.02. The third-order valence-electron chi connectivity index (χ3n) is 4.56. The minimum Gasteiger partial charge on any atom is -0.323 e. The average molecular weight is 351 g/mol. The van der Waals surface area contributed by atoms with E-state index in [-0.39, 0.29) is 5.91 Å². The van der Waals surface area contributed by atoms with Crippen LogP contribution in [0.2, 0.25) is 0 Å². The van der Waals surface area contributed by atoms with Gasteiger partial charge in [-0.05, 0) is 44.4 Å². The highest BCUT2D eigenvalue weighted by atomic mass is 16.1. The Hall–Kier alpha value is -2.89. The summed E-state index contributed by atoms with van der Waals surface area (Å²) in [7, 11) is 0. The maximum Gasteiger partial charge on any atom is 0.226 e. The van der Waals surface area contributed by atoms with E-state index >= 15 is 0 Å². The van der Waals surface area contributed by atoms with E-state index in [0.29, 0.717) is 19.5 Å². The first kappa shape index (κ1) is 17.9. The van der Waals surface area contributed by atoms with E-state index < -0.39 is 0 Å². The first-order valence-electron chi connectivity index (χ1n) is 8.81. The Bertz CT molecular complexity index is 922. The molecule has 0 aliphatic heterocycles. The molecule has 136 valence electrons. The zero-order valence-corrected chi connectivity index (χ0v) is 15.8. The van der Waals surface area contributed by atoms with Gasteiger partial charge in [0.25, 0.3) is 0 Å². The van der Waals surface area contributed by atoms with Crippen molar-refractivity contribution >= 4 is 11.6 Å². The fourth-order valence-corrected chi connectivity index (χ4v) is 2.99. The second kappa shape index (κ2) is 7.56. The van der Waals surface area contributed by atoms with Gasteiger partial charge in [-0.25, -0.2) is 0 Å². The number of benzene rings is 1. The molecule has 0 aliphatic rings. The number of rotatable bonds is 6. The quantitative estimate of drug-likeness (QED) is 0.740. The molecule has 2 heterocycles. The van der Waals surface area contributed by atoms with Crippen LogP contribution in [0.25, 0.3) is 0 Å². The highest BCUT2D eigenvalue weighted by molar-refractivity contribution is 5.91. The number of aromatic nitrogens is 4. The van der Waals surface area contributed by atoms with Crippen LogP contribution in [0.1, 0.15) is 34.5 Å². The van der Waals surface area contributed by atoms with Crippen LogP contribution in [0.3, 0.4) is 0 Å². The van der Waals surface area contributed by atoms with Crippen LogP contribution >= 0.6 is 0 Å². The molecule has 6 nitrogen and oxygen atoms in total. The lowest BCUT2D eigenvalue weighted by Crippen LogP contribution is -2.16. The van der Waals surface area contributed by atoms with Crippen molar-refractivity contribution in [1.29, 1.82) is 0 Å². The molecule has 0 aliphatic carbocycles. The van der Waals surface area contributed by atoms with Gasteiger partial charge in [-0.2, -0.15) is 10.2 Å². The van der Waals surface area contributed by atoms with Crippen molar-refractivity contribution in [3.8, 4) is 0 Å². The molecule has 0 bridgehead atoms. The van der Waals surface area contributed by atoms with Crippen LogP contribution in [-0.4, -0.2) is 25.5 Å². The Kier molecular flexibility index (Phi) is 5.21. The predicted octanol–water partition coefficient (Wildman–Crippen LogP) is 3.39. The molecule has 0 unspecified atom stereocenters. The molecular weight excluding hydrogens is 326 g/mol. The fraction of sp³-hybridized carbons (Fsp3) is 0.350. The minimum absolute atomic E-state index is 0.0280. The molecule has 3 aromatic rings. The Balaban J connectivity index is 1.67. The molecule has 2 aromatic heterocycles. The van der Waals surface area contributed by atoms with Gasteiger partial charge in [-0.15, -0.1) is 0 Å². The molecule has 0 saturated heterocycles. The van der Waals surface area contributed by atoms with Crippen molar-refractivity contribution in [1.82, 2.24) is 19.6 Å². The molecule has 0 fully saturated rings. The van der Waals surface area contributed by atoms with Crippen LogP contribution in [0.15, 0.2) is 36.7 Å². The summed E-state index contributed by atoms with van der Waals surface area (Å²) in [5.74, 6) is -0.0280. The molecule has 0 spiro atoms. The van der Waals surface area contributed by atoms with Gasteiger partial charge in [0.2, 0.25) is 5.91 Å². The zero-order valence-electron chi connectivity index (χ0n) is 15.8. The number of aryl methyl sites for hydroxylation is 4. The number of hydrogen-bond donors (Lipinski definition) is 1. The largest absolute Gasteiger partial charge is 0.323 e. The summed E-state index contributed by atoms with van der Waals surface area (Å²) in [4.78, 5) is 12.3. The summed E-state index contributed by atoms with van der Waals surface area (Å²) >= 11 is 0. The second-order valence-corrected chi connectivity index (χ2v) is 6.71. The van der Waals surface area contributed by atoms with Crippen molar-refractivity contribution in [2.45, 2.75) is 47.2 Å². The lowest BCUT2D eigenvalue weighted by atomic mass is 10.1. The first-order valence-corrected chi connectivity index (χ1v) is 8.81. The van der Waals surface area contributed by atoms with E-state index in [1.54, 1.807) is 10.9 Å². The van der Waals surface area contributed by atoms with Crippen molar-refractivity contribution in [2.75, 3.05) is 5.32 Å². The van der Waals surface area contributed by atoms with Crippen molar-refractivity contribution in [3.63, 3.8) is 0 Å². The van der Waals surface area contributed by atoms with Gasteiger partial charge >= 0.3 is 0 Å². The van der Waals surface area contributed by atoms with E-state index in [9.17, 15) is 4.79 Å². The standard InChI is InChI=1S/C20H25N5O/c1-14-11-21-24(12-14)10-9-19(26)22-20-16(3)23-25(17(20)4)13-18-8-6-5-7-15(18)2/h5-8,11-12H,9-10,13H2,1-4H3,(H,22,26). The normalized spacial score (nSPS) is 10.9. The fourth-order valence-electron chi connectivity index (χ4n) is 2.99. The van der Waals surface area contributed by atoms with Gasteiger partial charge < -0.3 is 5.32 Å². The average Bonchev–Trinajstić information content (AvgIpc) is 3.13. The summed E-state index contributed by atoms with van der Waals surface area (Å²) in [6.07, 6.45) is 4.11. The molecule has 1 aromatic carbocycles. The Morgan fingerprint density at radius 3 is 2.62 bits per heavy atom. The Morgan fingerprint density at radius 1 is 1.15 bits per heavy atom. The number of hydrogen-bond acceptors (Lipinski definition) is 3. The molecule has 0 saturated carbocycles. The van der Waals surface area contributed by atoms with Gasteiger partial charge in [0, 0.05) is 19.2 Å². The van der Waals surface area contributed by atoms with Gasteiger partial charge in [-0.3, -0.25) is 14.2 Å². The summed E-state index contributed by atoms with van der Waals surface area (Å²) < 4.78 is 3.74. The highest BCUT2D eigenvalue weighted by Gasteiger charge is 2.15. The van der Waals surface area contributed by atoms with E-state index in [4.69, 9.17) is 0 Å². The number of amides is 1. The maximum atomic E-state index is 12.3. The van der Waals surface area contributed by atoms with Gasteiger partial charge in [-0.1, -0.05) is 24.3 Å². The van der Waals surface area contributed by atoms with Crippen LogP contribution in [0.5, 0.6) is 0 Å². The van der Waals surface area contributed by atoms with E-state index in [0.717, 1.165) is 22.6 Å². The van der Waals surface area contributed by atoms with Crippen molar-refractivity contribution in [3.05, 3.63) is 64.7 Å². The molecule has 0 radical (unpaired) electrons. The van der Waals surface area contributed by atoms with Crippen molar-refractivity contribution < 1.29 is 4.79 Å². The van der Waals surface area contributed by atoms with Crippen LogP contribution in [0, 0.1) is 27.7 Å². The summed E-state index contributed by atoms with van der Waals surface area (Å²) in [5, 5.41) is 11.8. The number of carbonyl (C=O) groups is 1. The number of nitrogens with zero attached hydrogens (tertiary/aromatic N) is 4. The van der Waals surface area contributed by atoms with Gasteiger partial charge in [0.15, 0.2) is 0 Å². The maximum absolute atomic E-state index is 12.3. The molecule has 26 heavy (non-hydrogen) atoms. The molecule has 0 atom stereocenters. The summed E-state index contributed by atoms with van der Waals surface area (Å²) in [5.41, 5.74) is 6.16. The monoisotopic (exact) mass is 351 g/mol. The highest BCUT2D eigenvalue weighted by Crippen LogP contribution is 2.21. The van der Waals surface area contributed by atoms with E-state index in [1.807, 2.05) is 43.8 Å². The number of nitrogens with one attached hydrogen (secondary N) is 1. The van der Waals surface area contributed by atoms with Crippen LogP contribution in [0.4, 0.5) is 5.69 Å². The topological polar surface area (TPSA) is 64.7 Å². The second-order valence-electron chi connectivity index (χ2n) is 6.71. The van der Waals surface area contributed by atoms with Crippen LogP contribution < -0.4 is 5.32 Å². The van der Waals surface area contributed by atoms with Crippen LogP contribution in [-0.2, 0) is 17.9 Å². The minimum atomic E-state index is -0.0280. The number of carbonyl (C=O) groups excluding carboxylic acids is 1. The molecule has 6 heteroatoms. The molecule has 3 rings (SSSR count). The van der Waals surface area contributed by atoms with Gasteiger partial charge in [0.1, 0.15) is 0 Å². The van der Waals surface area contributed by atoms with E-state index in [1.165, 1.54) is 11.1 Å². The Labute approximate surface area is 153 Å². The lowest BCUT2D eigenvalue weighted by molar-refractivity contribution is -0.116. The first-order chi connectivity index (χ1) is 12.4.